The summed E-state index contributed by atoms with van der Waals surface area (Å²) in [4.78, 5) is 0. The van der Waals surface area contributed by atoms with Gasteiger partial charge >= 0.3 is 0 Å². The molecule has 90 valence electrons. The van der Waals surface area contributed by atoms with Crippen molar-refractivity contribution < 1.29 is 4.74 Å². The summed E-state index contributed by atoms with van der Waals surface area (Å²) in [5.74, 6) is 1.06. The molecule has 3 nitrogen and oxygen atoms in total. The molecule has 0 aromatic carbocycles. The lowest BCUT2D eigenvalue weighted by Crippen LogP contribution is -2.02. The van der Waals surface area contributed by atoms with E-state index in [0.717, 1.165) is 18.7 Å². The molecular formula is C13H22N2O. The van der Waals surface area contributed by atoms with Gasteiger partial charge in [0.25, 0.3) is 0 Å². The molecule has 0 spiro atoms. The minimum Gasteiger partial charge on any atom is -0.477 e. The summed E-state index contributed by atoms with van der Waals surface area (Å²) < 4.78 is 5.51. The highest BCUT2D eigenvalue weighted by Gasteiger charge is 2.02. The summed E-state index contributed by atoms with van der Waals surface area (Å²) in [6, 6.07) is 3.89. The Kier molecular flexibility index (Phi) is 5.83. The fraction of sp³-hybridized carbons (Fsp3) is 0.692. The van der Waals surface area contributed by atoms with Crippen LogP contribution in [0.2, 0.25) is 0 Å². The maximum atomic E-state index is 5.51. The number of nitrogens with zero attached hydrogens (tertiary/aromatic N) is 2. The highest BCUT2D eigenvalue weighted by atomic mass is 16.5. The Labute approximate surface area is 98.2 Å². The van der Waals surface area contributed by atoms with E-state index in [-0.39, 0.29) is 0 Å². The lowest BCUT2D eigenvalue weighted by atomic mass is 10.1. The van der Waals surface area contributed by atoms with E-state index in [2.05, 4.69) is 31.0 Å². The molecule has 1 aromatic heterocycles. The molecule has 0 bridgehead atoms. The van der Waals surface area contributed by atoms with Gasteiger partial charge in [-0.1, -0.05) is 40.0 Å². The predicted octanol–water partition coefficient (Wildman–Crippen LogP) is 3.56. The van der Waals surface area contributed by atoms with E-state index in [4.69, 9.17) is 4.74 Å². The number of unbranched alkanes of at least 4 members (excludes halogenated alkanes) is 3. The molecule has 0 saturated heterocycles. The maximum Gasteiger partial charge on any atom is 0.233 e. The molecule has 1 heterocycles. The zero-order chi connectivity index (χ0) is 11.8. The molecule has 0 atom stereocenters. The van der Waals surface area contributed by atoms with Crippen molar-refractivity contribution >= 4 is 0 Å². The van der Waals surface area contributed by atoms with Crippen LogP contribution < -0.4 is 4.74 Å². The van der Waals surface area contributed by atoms with E-state index in [1.54, 1.807) is 0 Å². The Morgan fingerprint density at radius 1 is 1.12 bits per heavy atom. The lowest BCUT2D eigenvalue weighted by molar-refractivity contribution is 0.290. The van der Waals surface area contributed by atoms with Gasteiger partial charge in [0.15, 0.2) is 0 Å². The molecule has 0 amide bonds. The van der Waals surface area contributed by atoms with Gasteiger partial charge in [0.05, 0.1) is 12.3 Å². The van der Waals surface area contributed by atoms with Crippen LogP contribution in [0.1, 0.15) is 58.1 Å². The lowest BCUT2D eigenvalue weighted by Gasteiger charge is -2.06. The second-order valence-corrected chi connectivity index (χ2v) is 4.36. The minimum absolute atomic E-state index is 0.422. The first-order valence-corrected chi connectivity index (χ1v) is 6.20. The van der Waals surface area contributed by atoms with Gasteiger partial charge in [0.2, 0.25) is 5.88 Å². The third-order valence-corrected chi connectivity index (χ3v) is 2.50. The van der Waals surface area contributed by atoms with Crippen molar-refractivity contribution in [3.05, 3.63) is 17.8 Å². The SMILES string of the molecule is CCCCCCOc1ccc(C(C)C)nn1. The quantitative estimate of drug-likeness (QED) is 0.662. The van der Waals surface area contributed by atoms with E-state index in [0.29, 0.717) is 11.8 Å². The molecule has 0 saturated carbocycles. The van der Waals surface area contributed by atoms with E-state index >= 15 is 0 Å². The van der Waals surface area contributed by atoms with Crippen molar-refractivity contribution in [3.8, 4) is 5.88 Å². The summed E-state index contributed by atoms with van der Waals surface area (Å²) in [5, 5.41) is 8.16. The predicted molar refractivity (Wildman–Crippen MR) is 65.8 cm³/mol. The van der Waals surface area contributed by atoms with Gasteiger partial charge in [0.1, 0.15) is 0 Å². The molecule has 0 aliphatic carbocycles. The molecule has 1 rings (SSSR count). The largest absolute Gasteiger partial charge is 0.477 e. The standard InChI is InChI=1S/C13H22N2O/c1-4-5-6-7-10-16-13-9-8-12(11(2)3)14-15-13/h8-9,11H,4-7,10H2,1-3H3. The van der Waals surface area contributed by atoms with Crippen molar-refractivity contribution in [1.29, 1.82) is 0 Å². The third kappa shape index (κ3) is 4.60. The molecule has 0 unspecified atom stereocenters. The van der Waals surface area contributed by atoms with Gasteiger partial charge in [0, 0.05) is 6.07 Å². The van der Waals surface area contributed by atoms with Crippen molar-refractivity contribution in [1.82, 2.24) is 10.2 Å². The number of rotatable bonds is 7. The van der Waals surface area contributed by atoms with Gasteiger partial charge in [-0.2, -0.15) is 5.10 Å². The monoisotopic (exact) mass is 222 g/mol. The summed E-state index contributed by atoms with van der Waals surface area (Å²) in [6.07, 6.45) is 4.86. The Balaban J connectivity index is 2.27. The zero-order valence-electron chi connectivity index (χ0n) is 10.6. The van der Waals surface area contributed by atoms with Crippen LogP contribution in [0.3, 0.4) is 0 Å². The Morgan fingerprint density at radius 2 is 1.94 bits per heavy atom. The fourth-order valence-corrected chi connectivity index (χ4v) is 1.42. The molecule has 3 heteroatoms. The smallest absolute Gasteiger partial charge is 0.233 e. The van der Waals surface area contributed by atoms with Gasteiger partial charge in [-0.25, -0.2) is 0 Å². The van der Waals surface area contributed by atoms with Crippen LogP contribution >= 0.6 is 0 Å². The van der Waals surface area contributed by atoms with Crippen LogP contribution in [-0.2, 0) is 0 Å². The summed E-state index contributed by atoms with van der Waals surface area (Å²) in [6.45, 7) is 7.16. The Bertz CT molecular complexity index is 282. The minimum atomic E-state index is 0.422. The van der Waals surface area contributed by atoms with Crippen LogP contribution in [0.5, 0.6) is 5.88 Å². The molecular weight excluding hydrogens is 200 g/mol. The van der Waals surface area contributed by atoms with Gasteiger partial charge in [-0.3, -0.25) is 0 Å². The third-order valence-electron chi connectivity index (χ3n) is 2.50. The molecule has 0 N–H and O–H groups in total. The molecule has 16 heavy (non-hydrogen) atoms. The summed E-state index contributed by atoms with van der Waals surface area (Å²) >= 11 is 0. The van der Waals surface area contributed by atoms with Crippen molar-refractivity contribution in [2.75, 3.05) is 6.61 Å². The van der Waals surface area contributed by atoms with E-state index in [9.17, 15) is 0 Å². The second-order valence-electron chi connectivity index (χ2n) is 4.36. The number of hydrogen-bond acceptors (Lipinski definition) is 3. The van der Waals surface area contributed by atoms with Crippen LogP contribution in [0.15, 0.2) is 12.1 Å². The van der Waals surface area contributed by atoms with Crippen molar-refractivity contribution in [2.45, 2.75) is 52.4 Å². The Morgan fingerprint density at radius 3 is 2.50 bits per heavy atom. The molecule has 0 fully saturated rings. The van der Waals surface area contributed by atoms with Crippen molar-refractivity contribution in [3.63, 3.8) is 0 Å². The summed E-state index contributed by atoms with van der Waals surface area (Å²) in [5.41, 5.74) is 1.01. The van der Waals surface area contributed by atoms with Gasteiger partial charge < -0.3 is 4.74 Å². The van der Waals surface area contributed by atoms with Gasteiger partial charge in [-0.15, -0.1) is 5.10 Å². The van der Waals surface area contributed by atoms with Crippen molar-refractivity contribution in [2.24, 2.45) is 0 Å². The van der Waals surface area contributed by atoms with E-state index < -0.39 is 0 Å². The first kappa shape index (κ1) is 12.9. The first-order valence-electron chi connectivity index (χ1n) is 6.20. The van der Waals surface area contributed by atoms with E-state index in [1.165, 1.54) is 19.3 Å². The molecule has 0 aliphatic heterocycles. The summed E-state index contributed by atoms with van der Waals surface area (Å²) in [7, 11) is 0. The average Bonchev–Trinajstić information content (AvgIpc) is 2.29. The normalized spacial score (nSPS) is 10.8. The van der Waals surface area contributed by atoms with E-state index in [1.807, 2.05) is 12.1 Å². The zero-order valence-corrected chi connectivity index (χ0v) is 10.6. The Hall–Kier alpha value is -1.12. The first-order chi connectivity index (χ1) is 7.74. The van der Waals surface area contributed by atoms with Crippen LogP contribution in [0.4, 0.5) is 0 Å². The molecule has 0 aliphatic rings. The van der Waals surface area contributed by atoms with Crippen LogP contribution in [0.25, 0.3) is 0 Å². The second kappa shape index (κ2) is 7.20. The number of ether oxygens (including phenoxy) is 1. The topological polar surface area (TPSA) is 35.0 Å². The molecule has 0 radical (unpaired) electrons. The number of hydrogen-bond donors (Lipinski definition) is 0. The van der Waals surface area contributed by atoms with Crippen LogP contribution in [0, 0.1) is 0 Å². The number of aromatic nitrogens is 2. The highest BCUT2D eigenvalue weighted by Crippen LogP contribution is 2.13. The van der Waals surface area contributed by atoms with Gasteiger partial charge in [-0.05, 0) is 18.4 Å². The fourth-order valence-electron chi connectivity index (χ4n) is 1.42. The van der Waals surface area contributed by atoms with Crippen LogP contribution in [-0.4, -0.2) is 16.8 Å². The maximum absolute atomic E-state index is 5.51. The highest BCUT2D eigenvalue weighted by molar-refractivity contribution is 5.13. The molecule has 1 aromatic rings. The average molecular weight is 222 g/mol.